The Bertz CT molecular complexity index is 655. The first-order chi connectivity index (χ1) is 12.1. The van der Waals surface area contributed by atoms with Crippen molar-refractivity contribution in [2.24, 2.45) is 23.2 Å². The van der Waals surface area contributed by atoms with Gasteiger partial charge in [0.15, 0.2) is 0 Å². The van der Waals surface area contributed by atoms with Crippen LogP contribution >= 0.6 is 0 Å². The Hall–Kier alpha value is -1.61. The second kappa shape index (κ2) is 6.60. The SMILES string of the molecule is C=C1CCC[C@]2(C)C[C@H]3OC(=O)[C@H](CNCc4ccccc4)[C@@H]3C[C@@H]12. The van der Waals surface area contributed by atoms with Gasteiger partial charge in [-0.2, -0.15) is 0 Å². The van der Waals surface area contributed by atoms with Crippen LogP contribution in [0.4, 0.5) is 0 Å². The van der Waals surface area contributed by atoms with Crippen molar-refractivity contribution in [3.8, 4) is 0 Å². The third-order valence-corrected chi connectivity index (χ3v) is 6.86. The molecule has 0 aromatic heterocycles. The Balaban J connectivity index is 1.42. The van der Waals surface area contributed by atoms with Crippen LogP contribution in [0.3, 0.4) is 0 Å². The molecule has 1 aromatic rings. The van der Waals surface area contributed by atoms with Gasteiger partial charge in [-0.3, -0.25) is 4.79 Å². The van der Waals surface area contributed by atoms with E-state index in [1.165, 1.54) is 24.0 Å². The molecular weight excluding hydrogens is 310 g/mol. The van der Waals surface area contributed by atoms with Crippen LogP contribution in [0, 0.1) is 23.2 Å². The first kappa shape index (κ1) is 16.8. The maximum Gasteiger partial charge on any atom is 0.310 e. The number of ether oxygens (including phenoxy) is 1. The van der Waals surface area contributed by atoms with Gasteiger partial charge in [0, 0.05) is 19.0 Å². The van der Waals surface area contributed by atoms with Gasteiger partial charge in [-0.05, 0) is 49.0 Å². The zero-order valence-corrected chi connectivity index (χ0v) is 15.2. The van der Waals surface area contributed by atoms with E-state index in [0.29, 0.717) is 18.4 Å². The van der Waals surface area contributed by atoms with Crippen molar-refractivity contribution in [3.63, 3.8) is 0 Å². The summed E-state index contributed by atoms with van der Waals surface area (Å²) < 4.78 is 5.82. The molecule has 4 rings (SSSR count). The molecule has 3 fully saturated rings. The number of rotatable bonds is 4. The third-order valence-electron chi connectivity index (χ3n) is 6.86. The largest absolute Gasteiger partial charge is 0.462 e. The molecule has 5 atom stereocenters. The summed E-state index contributed by atoms with van der Waals surface area (Å²) in [5.74, 6) is 0.911. The average Bonchev–Trinajstić information content (AvgIpc) is 2.88. The number of nitrogens with one attached hydrogen (secondary N) is 1. The number of esters is 1. The predicted molar refractivity (Wildman–Crippen MR) is 98.8 cm³/mol. The highest BCUT2D eigenvalue weighted by molar-refractivity contribution is 5.75. The molecule has 0 amide bonds. The van der Waals surface area contributed by atoms with Crippen LogP contribution in [0.15, 0.2) is 42.5 Å². The lowest BCUT2D eigenvalue weighted by molar-refractivity contribution is -0.146. The van der Waals surface area contributed by atoms with Crippen molar-refractivity contribution in [1.82, 2.24) is 5.32 Å². The lowest BCUT2D eigenvalue weighted by Gasteiger charge is -2.50. The Morgan fingerprint density at radius 1 is 1.32 bits per heavy atom. The second-order valence-electron chi connectivity index (χ2n) is 8.52. The standard InChI is InChI=1S/C22H29NO2/c1-15-7-6-10-22(2)12-20-17(11-19(15)22)18(21(24)25-20)14-23-13-16-8-4-3-5-9-16/h3-5,8-9,17-20,23H,1,6-7,10-14H2,2H3/t17-,18+,19-,20+,22+/m0/s1. The summed E-state index contributed by atoms with van der Waals surface area (Å²) in [7, 11) is 0. The van der Waals surface area contributed by atoms with Crippen molar-refractivity contribution in [3.05, 3.63) is 48.0 Å². The first-order valence-corrected chi connectivity index (χ1v) is 9.70. The van der Waals surface area contributed by atoms with E-state index in [1.54, 1.807) is 0 Å². The molecule has 1 N–H and O–H groups in total. The maximum absolute atomic E-state index is 12.5. The minimum Gasteiger partial charge on any atom is -0.462 e. The molecule has 0 bridgehead atoms. The summed E-state index contributed by atoms with van der Waals surface area (Å²) in [6.45, 7) is 8.26. The first-order valence-electron chi connectivity index (χ1n) is 9.70. The lowest BCUT2D eigenvalue weighted by Crippen LogP contribution is -2.45. The molecule has 0 spiro atoms. The van der Waals surface area contributed by atoms with Crippen LogP contribution < -0.4 is 5.32 Å². The Morgan fingerprint density at radius 2 is 2.12 bits per heavy atom. The number of carbonyl (C=O) groups is 1. The van der Waals surface area contributed by atoms with E-state index in [0.717, 1.165) is 25.8 Å². The summed E-state index contributed by atoms with van der Waals surface area (Å²) in [5.41, 5.74) is 2.94. The smallest absolute Gasteiger partial charge is 0.310 e. The Kier molecular flexibility index (Phi) is 4.45. The van der Waals surface area contributed by atoms with Crippen molar-refractivity contribution >= 4 is 5.97 Å². The number of hydrogen-bond donors (Lipinski definition) is 1. The second-order valence-corrected chi connectivity index (χ2v) is 8.52. The summed E-state index contributed by atoms with van der Waals surface area (Å²) >= 11 is 0. The molecule has 0 radical (unpaired) electrons. The fourth-order valence-corrected chi connectivity index (χ4v) is 5.46. The highest BCUT2D eigenvalue weighted by Crippen LogP contribution is 2.56. The molecule has 1 aromatic carbocycles. The van der Waals surface area contributed by atoms with E-state index in [-0.39, 0.29) is 23.4 Å². The number of allylic oxidation sites excluding steroid dienone is 1. The third kappa shape index (κ3) is 3.15. The van der Waals surface area contributed by atoms with Gasteiger partial charge in [-0.15, -0.1) is 0 Å². The van der Waals surface area contributed by atoms with Crippen LogP contribution in [0.5, 0.6) is 0 Å². The zero-order chi connectivity index (χ0) is 17.4. The van der Waals surface area contributed by atoms with Gasteiger partial charge in [0.2, 0.25) is 0 Å². The fraction of sp³-hybridized carbons (Fsp3) is 0.591. The number of benzene rings is 1. The van der Waals surface area contributed by atoms with Crippen molar-refractivity contribution in [1.29, 1.82) is 0 Å². The van der Waals surface area contributed by atoms with E-state index in [2.05, 4.69) is 31.0 Å². The molecule has 3 heteroatoms. The molecule has 2 saturated carbocycles. The topological polar surface area (TPSA) is 38.3 Å². The molecule has 0 unspecified atom stereocenters. The van der Waals surface area contributed by atoms with Gasteiger partial charge >= 0.3 is 5.97 Å². The van der Waals surface area contributed by atoms with Gasteiger partial charge < -0.3 is 10.1 Å². The van der Waals surface area contributed by atoms with Gasteiger partial charge in [0.1, 0.15) is 6.10 Å². The van der Waals surface area contributed by atoms with Crippen LogP contribution in [-0.2, 0) is 16.1 Å². The Labute approximate surface area is 150 Å². The van der Waals surface area contributed by atoms with Gasteiger partial charge in [-0.1, -0.05) is 49.4 Å². The van der Waals surface area contributed by atoms with E-state index in [1.807, 2.05) is 18.2 Å². The van der Waals surface area contributed by atoms with E-state index in [4.69, 9.17) is 4.74 Å². The van der Waals surface area contributed by atoms with Crippen molar-refractivity contribution in [2.75, 3.05) is 6.54 Å². The highest BCUT2D eigenvalue weighted by Gasteiger charge is 2.54. The summed E-state index contributed by atoms with van der Waals surface area (Å²) in [4.78, 5) is 12.5. The quantitative estimate of drug-likeness (QED) is 0.663. The van der Waals surface area contributed by atoms with Crippen molar-refractivity contribution < 1.29 is 9.53 Å². The van der Waals surface area contributed by atoms with Crippen LogP contribution in [-0.4, -0.2) is 18.6 Å². The molecular formula is C22H29NO2. The summed E-state index contributed by atoms with van der Waals surface area (Å²) in [5, 5.41) is 3.48. The summed E-state index contributed by atoms with van der Waals surface area (Å²) in [6.07, 6.45) is 5.84. The monoisotopic (exact) mass is 339 g/mol. The average molecular weight is 339 g/mol. The van der Waals surface area contributed by atoms with E-state index in [9.17, 15) is 4.79 Å². The zero-order valence-electron chi connectivity index (χ0n) is 15.2. The molecule has 1 aliphatic heterocycles. The lowest BCUT2D eigenvalue weighted by atomic mass is 9.55. The molecule has 1 heterocycles. The normalized spacial score (nSPS) is 37.3. The number of fused-ring (bicyclic) bond motifs is 2. The molecule has 3 nitrogen and oxygen atoms in total. The molecule has 3 aliphatic rings. The minimum atomic E-state index is -0.00649. The van der Waals surface area contributed by atoms with Crippen molar-refractivity contribution in [2.45, 2.75) is 51.7 Å². The van der Waals surface area contributed by atoms with Crippen LogP contribution in [0.2, 0.25) is 0 Å². The maximum atomic E-state index is 12.5. The van der Waals surface area contributed by atoms with Gasteiger partial charge in [0.05, 0.1) is 5.92 Å². The molecule has 25 heavy (non-hydrogen) atoms. The van der Waals surface area contributed by atoms with Gasteiger partial charge in [-0.25, -0.2) is 0 Å². The van der Waals surface area contributed by atoms with E-state index < -0.39 is 0 Å². The van der Waals surface area contributed by atoms with Crippen LogP contribution in [0.25, 0.3) is 0 Å². The number of carbonyl (C=O) groups excluding carboxylic acids is 1. The van der Waals surface area contributed by atoms with E-state index >= 15 is 0 Å². The molecule has 2 aliphatic carbocycles. The number of hydrogen-bond acceptors (Lipinski definition) is 3. The summed E-state index contributed by atoms with van der Waals surface area (Å²) in [6, 6.07) is 10.3. The fourth-order valence-electron chi connectivity index (χ4n) is 5.46. The predicted octanol–water partition coefficient (Wildman–Crippen LogP) is 4.09. The van der Waals surface area contributed by atoms with Crippen LogP contribution in [0.1, 0.15) is 44.6 Å². The minimum absolute atomic E-state index is 0.00317. The molecule has 134 valence electrons. The highest BCUT2D eigenvalue weighted by atomic mass is 16.6. The van der Waals surface area contributed by atoms with Gasteiger partial charge in [0.25, 0.3) is 0 Å². The molecule has 1 saturated heterocycles. The Morgan fingerprint density at radius 3 is 2.92 bits per heavy atom.